The molecule has 0 radical (unpaired) electrons. The van der Waals surface area contributed by atoms with Gasteiger partial charge >= 0.3 is 0 Å². The fourth-order valence-corrected chi connectivity index (χ4v) is 2.75. The third kappa shape index (κ3) is 9.52. The molecule has 0 aliphatic carbocycles. The second-order valence-corrected chi connectivity index (χ2v) is 7.34. The van der Waals surface area contributed by atoms with Crippen molar-refractivity contribution >= 4 is 34.8 Å². The second-order valence-electron chi connectivity index (χ2n) is 6.93. The number of benzene rings is 2. The van der Waals surface area contributed by atoms with E-state index in [4.69, 9.17) is 21.7 Å². The van der Waals surface area contributed by atoms with Crippen molar-refractivity contribution in [2.75, 3.05) is 13.2 Å². The van der Waals surface area contributed by atoms with Crippen molar-refractivity contribution in [1.29, 1.82) is 0 Å². The maximum absolute atomic E-state index is 12.3. The van der Waals surface area contributed by atoms with E-state index in [1.54, 1.807) is 24.3 Å². The summed E-state index contributed by atoms with van der Waals surface area (Å²) >= 11 is 5.00. The molecule has 176 valence electrons. The summed E-state index contributed by atoms with van der Waals surface area (Å²) in [6.07, 6.45) is 4.46. The number of carbonyl (C=O) groups excluding carboxylic acids is 2. The average Bonchev–Trinajstić information content (AvgIpc) is 2.82. The Kier molecular flexibility index (Phi) is 10.5. The van der Waals surface area contributed by atoms with E-state index in [2.05, 4.69) is 23.1 Å². The molecule has 0 saturated carbocycles. The molecule has 0 unspecified atom stereocenters. The van der Waals surface area contributed by atoms with Gasteiger partial charge in [-0.25, -0.2) is 0 Å². The summed E-state index contributed by atoms with van der Waals surface area (Å²) in [7, 11) is 0. The molecule has 0 aliphatic heterocycles. The van der Waals surface area contributed by atoms with E-state index in [9.17, 15) is 19.7 Å². The van der Waals surface area contributed by atoms with Crippen LogP contribution in [0.3, 0.4) is 0 Å². The van der Waals surface area contributed by atoms with Gasteiger partial charge in [-0.2, -0.15) is 0 Å². The number of amides is 2. The van der Waals surface area contributed by atoms with E-state index >= 15 is 0 Å². The first-order valence-corrected chi connectivity index (χ1v) is 10.8. The first-order chi connectivity index (χ1) is 15.9. The standard InChI is InChI=1S/C22H26N4O6S/c1-2-3-4-5-14-31-18-10-6-16(7-11-18)21(28)23-22(33)25-24-20(27)15-32-19-12-8-17(9-13-19)26(29)30/h6-13H,2-5,14-15H2,1H3,(H,24,27)(H2,23,25,28,33). The Morgan fingerprint density at radius 2 is 1.58 bits per heavy atom. The van der Waals surface area contributed by atoms with E-state index < -0.39 is 16.7 Å². The molecule has 11 heteroatoms. The summed E-state index contributed by atoms with van der Waals surface area (Å²) in [5.41, 5.74) is 4.99. The highest BCUT2D eigenvalue weighted by atomic mass is 32.1. The Hall–Kier alpha value is -3.73. The van der Waals surface area contributed by atoms with Crippen LogP contribution in [0.15, 0.2) is 48.5 Å². The molecule has 10 nitrogen and oxygen atoms in total. The van der Waals surface area contributed by atoms with Gasteiger partial charge < -0.3 is 9.47 Å². The van der Waals surface area contributed by atoms with Crippen LogP contribution in [0, 0.1) is 10.1 Å². The maximum Gasteiger partial charge on any atom is 0.276 e. The molecule has 0 aliphatic rings. The van der Waals surface area contributed by atoms with E-state index in [-0.39, 0.29) is 17.4 Å². The number of thiocarbonyl (C=S) groups is 1. The molecule has 33 heavy (non-hydrogen) atoms. The SMILES string of the molecule is CCCCCCOc1ccc(C(=O)NC(=S)NNC(=O)COc2ccc([N+](=O)[O-])cc2)cc1. The zero-order valence-electron chi connectivity index (χ0n) is 18.2. The highest BCUT2D eigenvalue weighted by Crippen LogP contribution is 2.17. The van der Waals surface area contributed by atoms with Crippen molar-refractivity contribution in [2.24, 2.45) is 0 Å². The van der Waals surface area contributed by atoms with Crippen LogP contribution in [-0.2, 0) is 4.79 Å². The Bertz CT molecular complexity index is 950. The van der Waals surface area contributed by atoms with Gasteiger partial charge in [0.25, 0.3) is 17.5 Å². The quantitative estimate of drug-likeness (QED) is 0.196. The van der Waals surface area contributed by atoms with Gasteiger partial charge in [0.05, 0.1) is 11.5 Å². The Balaban J connectivity index is 1.68. The fraction of sp³-hybridized carbons (Fsp3) is 0.318. The third-order valence-corrected chi connectivity index (χ3v) is 4.55. The maximum atomic E-state index is 12.3. The van der Waals surface area contributed by atoms with E-state index in [1.165, 1.54) is 37.1 Å². The van der Waals surface area contributed by atoms with E-state index in [0.29, 0.717) is 23.7 Å². The summed E-state index contributed by atoms with van der Waals surface area (Å²) in [5, 5.41) is 13.0. The zero-order chi connectivity index (χ0) is 24.1. The lowest BCUT2D eigenvalue weighted by molar-refractivity contribution is -0.384. The summed E-state index contributed by atoms with van der Waals surface area (Å²) < 4.78 is 10.9. The van der Waals surface area contributed by atoms with Crippen LogP contribution in [0.5, 0.6) is 11.5 Å². The number of hydrazine groups is 1. The van der Waals surface area contributed by atoms with Crippen LogP contribution in [-0.4, -0.2) is 35.1 Å². The number of non-ortho nitro benzene ring substituents is 1. The molecule has 3 N–H and O–H groups in total. The second kappa shape index (κ2) is 13.6. The number of nitrogens with zero attached hydrogens (tertiary/aromatic N) is 1. The smallest absolute Gasteiger partial charge is 0.276 e. The number of nitro benzene ring substituents is 1. The van der Waals surface area contributed by atoms with E-state index in [0.717, 1.165) is 12.8 Å². The highest BCUT2D eigenvalue weighted by Gasteiger charge is 2.10. The van der Waals surface area contributed by atoms with Gasteiger partial charge in [0.2, 0.25) is 0 Å². The Labute approximate surface area is 196 Å². The van der Waals surface area contributed by atoms with Gasteiger partial charge in [0, 0.05) is 17.7 Å². The molecule has 0 aromatic heterocycles. The molecule has 2 rings (SSSR count). The van der Waals surface area contributed by atoms with Crippen LogP contribution in [0.25, 0.3) is 0 Å². The predicted molar refractivity (Wildman–Crippen MR) is 126 cm³/mol. The normalized spacial score (nSPS) is 10.1. The summed E-state index contributed by atoms with van der Waals surface area (Å²) in [6.45, 7) is 2.42. The number of nitro groups is 1. The molecule has 0 spiro atoms. The summed E-state index contributed by atoms with van der Waals surface area (Å²) in [5.74, 6) is -0.0344. The van der Waals surface area contributed by atoms with Crippen LogP contribution < -0.4 is 25.6 Å². The Morgan fingerprint density at radius 3 is 2.21 bits per heavy atom. The molecule has 0 heterocycles. The molecule has 2 aromatic rings. The minimum atomic E-state index is -0.564. The van der Waals surface area contributed by atoms with Gasteiger partial charge in [0.15, 0.2) is 11.7 Å². The molecule has 0 atom stereocenters. The topological polar surface area (TPSA) is 132 Å². The first-order valence-electron chi connectivity index (χ1n) is 10.4. The van der Waals surface area contributed by atoms with Gasteiger partial charge in [-0.3, -0.25) is 35.9 Å². The van der Waals surface area contributed by atoms with Crippen molar-refractivity contribution < 1.29 is 24.0 Å². The molecule has 2 aromatic carbocycles. The minimum absolute atomic E-state index is 0.0841. The number of carbonyl (C=O) groups is 2. The van der Waals surface area contributed by atoms with Crippen molar-refractivity contribution in [3.8, 4) is 11.5 Å². The van der Waals surface area contributed by atoms with Crippen LogP contribution in [0.2, 0.25) is 0 Å². The van der Waals surface area contributed by atoms with Crippen LogP contribution >= 0.6 is 12.2 Å². The number of ether oxygens (including phenoxy) is 2. The summed E-state index contributed by atoms with van der Waals surface area (Å²) in [4.78, 5) is 34.2. The average molecular weight is 475 g/mol. The highest BCUT2D eigenvalue weighted by molar-refractivity contribution is 7.80. The number of nitrogens with one attached hydrogen (secondary N) is 3. The fourth-order valence-electron chi connectivity index (χ4n) is 2.60. The van der Waals surface area contributed by atoms with Gasteiger partial charge in [0.1, 0.15) is 11.5 Å². The number of unbranched alkanes of at least 4 members (excludes halogenated alkanes) is 3. The molecule has 2 amide bonds. The van der Waals surface area contributed by atoms with Gasteiger partial charge in [-0.15, -0.1) is 0 Å². The van der Waals surface area contributed by atoms with Crippen LogP contribution in [0.1, 0.15) is 43.0 Å². The Morgan fingerprint density at radius 1 is 0.939 bits per heavy atom. The van der Waals surface area contributed by atoms with Crippen LogP contribution in [0.4, 0.5) is 5.69 Å². The minimum Gasteiger partial charge on any atom is -0.494 e. The lowest BCUT2D eigenvalue weighted by Gasteiger charge is -2.12. The lowest BCUT2D eigenvalue weighted by atomic mass is 10.2. The molecular weight excluding hydrogens is 448 g/mol. The van der Waals surface area contributed by atoms with Gasteiger partial charge in [-0.05, 0) is 55.0 Å². The number of hydrogen-bond acceptors (Lipinski definition) is 7. The van der Waals surface area contributed by atoms with Crippen molar-refractivity contribution in [2.45, 2.75) is 32.6 Å². The van der Waals surface area contributed by atoms with Gasteiger partial charge in [-0.1, -0.05) is 26.2 Å². The molecule has 0 fully saturated rings. The third-order valence-electron chi connectivity index (χ3n) is 4.34. The largest absolute Gasteiger partial charge is 0.494 e. The molecule has 0 saturated heterocycles. The predicted octanol–water partition coefficient (Wildman–Crippen LogP) is 3.27. The molecule has 0 bridgehead atoms. The van der Waals surface area contributed by atoms with Crippen molar-refractivity contribution in [3.05, 3.63) is 64.2 Å². The monoisotopic (exact) mass is 474 g/mol. The first kappa shape index (κ1) is 25.5. The molecular formula is C22H26N4O6S. The lowest BCUT2D eigenvalue weighted by Crippen LogP contribution is -2.49. The zero-order valence-corrected chi connectivity index (χ0v) is 19.0. The number of rotatable bonds is 11. The van der Waals surface area contributed by atoms with Crippen molar-refractivity contribution in [3.63, 3.8) is 0 Å². The number of hydrogen-bond donors (Lipinski definition) is 3. The van der Waals surface area contributed by atoms with Crippen molar-refractivity contribution in [1.82, 2.24) is 16.2 Å². The van der Waals surface area contributed by atoms with E-state index in [1.807, 2.05) is 0 Å². The summed E-state index contributed by atoms with van der Waals surface area (Å²) in [6, 6.07) is 12.0.